The highest BCUT2D eigenvalue weighted by Crippen LogP contribution is 2.21. The Bertz CT molecular complexity index is 533. The number of rotatable bonds is 8. The van der Waals surface area contributed by atoms with Gasteiger partial charge in [-0.3, -0.25) is 0 Å². The van der Waals surface area contributed by atoms with Gasteiger partial charge in [-0.25, -0.2) is 4.79 Å². The normalized spacial score (nSPS) is 10.5. The third-order valence-corrected chi connectivity index (χ3v) is 3.50. The van der Waals surface area contributed by atoms with Gasteiger partial charge in [0, 0.05) is 19.8 Å². The second-order valence-electron chi connectivity index (χ2n) is 5.21. The Balaban J connectivity index is 1.97. The van der Waals surface area contributed by atoms with Crippen molar-refractivity contribution >= 4 is 6.03 Å². The van der Waals surface area contributed by atoms with Gasteiger partial charge in [-0.15, -0.1) is 0 Å². The SMILES string of the molecule is CCOCCCNC(=O)NC(c1ccccc1)c1ccccc1. The summed E-state index contributed by atoms with van der Waals surface area (Å²) in [6.07, 6.45) is 0.808. The largest absolute Gasteiger partial charge is 0.382 e. The molecule has 23 heavy (non-hydrogen) atoms. The summed E-state index contributed by atoms with van der Waals surface area (Å²) in [4.78, 5) is 12.2. The number of amides is 2. The number of hydrogen-bond acceptors (Lipinski definition) is 2. The molecule has 122 valence electrons. The van der Waals surface area contributed by atoms with Gasteiger partial charge in [0.25, 0.3) is 0 Å². The minimum atomic E-state index is -0.167. The van der Waals surface area contributed by atoms with Crippen LogP contribution in [-0.2, 0) is 4.74 Å². The first-order valence-electron chi connectivity index (χ1n) is 8.03. The lowest BCUT2D eigenvalue weighted by atomic mass is 9.99. The van der Waals surface area contributed by atoms with E-state index in [1.165, 1.54) is 0 Å². The summed E-state index contributed by atoms with van der Waals surface area (Å²) in [6, 6.07) is 19.6. The highest BCUT2D eigenvalue weighted by molar-refractivity contribution is 5.75. The van der Waals surface area contributed by atoms with Gasteiger partial charge in [0.1, 0.15) is 0 Å². The van der Waals surface area contributed by atoms with Gasteiger partial charge in [-0.2, -0.15) is 0 Å². The molecule has 0 fully saturated rings. The van der Waals surface area contributed by atoms with Crippen LogP contribution in [0.3, 0.4) is 0 Å². The summed E-state index contributed by atoms with van der Waals surface area (Å²) in [7, 11) is 0. The predicted molar refractivity (Wildman–Crippen MR) is 92.4 cm³/mol. The van der Waals surface area contributed by atoms with Crippen molar-refractivity contribution in [2.75, 3.05) is 19.8 Å². The summed E-state index contributed by atoms with van der Waals surface area (Å²) in [5.74, 6) is 0. The van der Waals surface area contributed by atoms with E-state index in [1.54, 1.807) is 0 Å². The first-order chi connectivity index (χ1) is 11.3. The van der Waals surface area contributed by atoms with E-state index in [9.17, 15) is 4.79 Å². The van der Waals surface area contributed by atoms with Crippen LogP contribution < -0.4 is 10.6 Å². The molecule has 0 aromatic heterocycles. The van der Waals surface area contributed by atoms with E-state index in [2.05, 4.69) is 10.6 Å². The van der Waals surface area contributed by atoms with Crippen LogP contribution in [0.2, 0.25) is 0 Å². The zero-order valence-electron chi connectivity index (χ0n) is 13.5. The summed E-state index contributed by atoms with van der Waals surface area (Å²) >= 11 is 0. The van der Waals surface area contributed by atoms with E-state index in [0.717, 1.165) is 17.5 Å². The Hall–Kier alpha value is -2.33. The molecule has 0 aliphatic carbocycles. The fraction of sp³-hybridized carbons (Fsp3) is 0.316. The third kappa shape index (κ3) is 5.75. The van der Waals surface area contributed by atoms with Gasteiger partial charge in [-0.05, 0) is 24.5 Å². The minimum Gasteiger partial charge on any atom is -0.382 e. The first kappa shape index (κ1) is 17.0. The van der Waals surface area contributed by atoms with Crippen molar-refractivity contribution in [1.29, 1.82) is 0 Å². The van der Waals surface area contributed by atoms with Crippen molar-refractivity contribution < 1.29 is 9.53 Å². The van der Waals surface area contributed by atoms with E-state index in [1.807, 2.05) is 67.6 Å². The molecule has 0 spiro atoms. The van der Waals surface area contributed by atoms with Crippen molar-refractivity contribution in [3.63, 3.8) is 0 Å². The summed E-state index contributed by atoms with van der Waals surface area (Å²) < 4.78 is 5.26. The van der Waals surface area contributed by atoms with E-state index in [-0.39, 0.29) is 12.1 Å². The predicted octanol–water partition coefficient (Wildman–Crippen LogP) is 3.50. The average Bonchev–Trinajstić information content (AvgIpc) is 2.61. The molecule has 2 aromatic rings. The van der Waals surface area contributed by atoms with Crippen molar-refractivity contribution in [3.8, 4) is 0 Å². The second kappa shape index (κ2) is 9.64. The summed E-state index contributed by atoms with van der Waals surface area (Å²) in [5.41, 5.74) is 2.12. The minimum absolute atomic E-state index is 0.163. The smallest absolute Gasteiger partial charge is 0.315 e. The third-order valence-electron chi connectivity index (χ3n) is 3.50. The average molecular weight is 312 g/mol. The molecule has 2 rings (SSSR count). The molecule has 0 unspecified atom stereocenters. The van der Waals surface area contributed by atoms with Crippen molar-refractivity contribution in [2.45, 2.75) is 19.4 Å². The molecule has 0 aliphatic rings. The molecule has 0 radical (unpaired) electrons. The fourth-order valence-electron chi connectivity index (χ4n) is 2.35. The summed E-state index contributed by atoms with van der Waals surface area (Å²) in [6.45, 7) is 3.93. The van der Waals surface area contributed by atoms with Crippen LogP contribution in [0.5, 0.6) is 0 Å². The second-order valence-corrected chi connectivity index (χ2v) is 5.21. The number of nitrogens with one attached hydrogen (secondary N) is 2. The highest BCUT2D eigenvalue weighted by Gasteiger charge is 2.15. The number of ether oxygens (including phenoxy) is 1. The lowest BCUT2D eigenvalue weighted by Gasteiger charge is -2.20. The molecule has 0 bridgehead atoms. The number of carbonyl (C=O) groups excluding carboxylic acids is 1. The molecule has 2 N–H and O–H groups in total. The molecule has 0 heterocycles. The Kier molecular flexibility index (Phi) is 7.14. The van der Waals surface area contributed by atoms with Crippen LogP contribution in [0.4, 0.5) is 4.79 Å². The molecule has 4 heteroatoms. The lowest BCUT2D eigenvalue weighted by molar-refractivity contribution is 0.145. The quantitative estimate of drug-likeness (QED) is 0.733. The number of urea groups is 1. The zero-order valence-corrected chi connectivity index (χ0v) is 13.5. The fourth-order valence-corrected chi connectivity index (χ4v) is 2.35. The molecule has 0 saturated heterocycles. The monoisotopic (exact) mass is 312 g/mol. The molecule has 2 amide bonds. The maximum atomic E-state index is 12.2. The van der Waals surface area contributed by atoms with Crippen LogP contribution in [0, 0.1) is 0 Å². The van der Waals surface area contributed by atoms with Crippen LogP contribution in [0.15, 0.2) is 60.7 Å². The molecule has 0 saturated carbocycles. The van der Waals surface area contributed by atoms with Crippen LogP contribution >= 0.6 is 0 Å². The van der Waals surface area contributed by atoms with Gasteiger partial charge in [0.05, 0.1) is 6.04 Å². The lowest BCUT2D eigenvalue weighted by Crippen LogP contribution is -2.39. The maximum Gasteiger partial charge on any atom is 0.315 e. The van der Waals surface area contributed by atoms with E-state index in [0.29, 0.717) is 19.8 Å². The number of hydrogen-bond donors (Lipinski definition) is 2. The van der Waals surface area contributed by atoms with Crippen LogP contribution in [0.25, 0.3) is 0 Å². The van der Waals surface area contributed by atoms with Crippen molar-refractivity contribution in [2.24, 2.45) is 0 Å². The van der Waals surface area contributed by atoms with Gasteiger partial charge in [0.15, 0.2) is 0 Å². The molecule has 0 aliphatic heterocycles. The molecule has 4 nitrogen and oxygen atoms in total. The van der Waals surface area contributed by atoms with Gasteiger partial charge < -0.3 is 15.4 Å². The van der Waals surface area contributed by atoms with Crippen LogP contribution in [0.1, 0.15) is 30.5 Å². The van der Waals surface area contributed by atoms with Crippen molar-refractivity contribution in [3.05, 3.63) is 71.8 Å². The Labute approximate surface area is 137 Å². The molecular formula is C19H24N2O2. The standard InChI is InChI=1S/C19H24N2O2/c1-2-23-15-9-14-20-19(22)21-18(16-10-5-3-6-11-16)17-12-7-4-8-13-17/h3-8,10-13,18H,2,9,14-15H2,1H3,(H2,20,21,22). The zero-order chi connectivity index (χ0) is 16.3. The first-order valence-corrected chi connectivity index (χ1v) is 8.03. The molecule has 0 atom stereocenters. The van der Waals surface area contributed by atoms with Crippen LogP contribution in [-0.4, -0.2) is 25.8 Å². The molecule has 2 aromatic carbocycles. The Morgan fingerprint density at radius 1 is 1.00 bits per heavy atom. The Morgan fingerprint density at radius 2 is 1.57 bits per heavy atom. The Morgan fingerprint density at radius 3 is 2.09 bits per heavy atom. The van der Waals surface area contributed by atoms with Gasteiger partial charge in [-0.1, -0.05) is 60.7 Å². The highest BCUT2D eigenvalue weighted by atomic mass is 16.5. The van der Waals surface area contributed by atoms with E-state index in [4.69, 9.17) is 4.74 Å². The van der Waals surface area contributed by atoms with Gasteiger partial charge in [0.2, 0.25) is 0 Å². The number of carbonyl (C=O) groups is 1. The van der Waals surface area contributed by atoms with E-state index < -0.39 is 0 Å². The topological polar surface area (TPSA) is 50.4 Å². The maximum absolute atomic E-state index is 12.2. The summed E-state index contributed by atoms with van der Waals surface area (Å²) in [5, 5.41) is 5.93. The van der Waals surface area contributed by atoms with E-state index >= 15 is 0 Å². The molecular weight excluding hydrogens is 288 g/mol. The number of benzene rings is 2. The van der Waals surface area contributed by atoms with Gasteiger partial charge >= 0.3 is 6.03 Å². The van der Waals surface area contributed by atoms with Crippen molar-refractivity contribution in [1.82, 2.24) is 10.6 Å².